The molecule has 0 atom stereocenters. The van der Waals surface area contributed by atoms with Crippen molar-refractivity contribution in [3.8, 4) is 39.5 Å². The van der Waals surface area contributed by atoms with Gasteiger partial charge < -0.3 is 8.82 Å². The van der Waals surface area contributed by atoms with Crippen LogP contribution in [0.3, 0.4) is 0 Å². The van der Waals surface area contributed by atoms with Crippen molar-refractivity contribution in [2.24, 2.45) is 0 Å². The minimum absolute atomic E-state index is 0.565. The second-order valence-corrected chi connectivity index (χ2v) is 14.9. The van der Waals surface area contributed by atoms with Crippen molar-refractivity contribution in [2.75, 3.05) is 0 Å². The molecule has 0 aliphatic heterocycles. The molecule has 264 valence electrons. The van der Waals surface area contributed by atoms with Gasteiger partial charge in [0.05, 0.1) is 33.0 Å². The van der Waals surface area contributed by atoms with E-state index in [9.17, 15) is 0 Å². The highest BCUT2D eigenvalue weighted by molar-refractivity contribution is 6.36. The highest BCUT2D eigenvalue weighted by Crippen LogP contribution is 2.48. The largest absolute Gasteiger partial charge is 0.437 e. The van der Waals surface area contributed by atoms with E-state index in [0.717, 1.165) is 44.3 Å². The van der Waals surface area contributed by atoms with Gasteiger partial charge in [-0.3, -0.25) is 4.57 Å². The smallest absolute Gasteiger partial charge is 0.233 e. The van der Waals surface area contributed by atoms with Crippen LogP contribution in [-0.2, 0) is 0 Å². The topological polar surface area (TPSA) is 48.3 Å². The Kier molecular flexibility index (Phi) is 6.10. The highest BCUT2D eigenvalue weighted by Gasteiger charge is 2.27. The van der Waals surface area contributed by atoms with Crippen molar-refractivity contribution in [1.82, 2.24) is 18.9 Å². The summed E-state index contributed by atoms with van der Waals surface area (Å²) < 4.78 is 11.4. The van der Waals surface area contributed by atoms with Crippen LogP contribution < -0.4 is 0 Å². The van der Waals surface area contributed by atoms with Crippen molar-refractivity contribution in [3.63, 3.8) is 0 Å². The fraction of sp³-hybridized carbons (Fsp3) is 0. The summed E-state index contributed by atoms with van der Waals surface area (Å²) in [4.78, 5) is 10.6. The van der Waals surface area contributed by atoms with Crippen molar-refractivity contribution < 1.29 is 4.42 Å². The van der Waals surface area contributed by atoms with E-state index >= 15 is 0 Å². The molecule has 5 heteroatoms. The number of hydrogen-bond donors (Lipinski definition) is 0. The van der Waals surface area contributed by atoms with E-state index in [4.69, 9.17) is 14.4 Å². The number of hydrogen-bond acceptors (Lipinski definition) is 3. The first kappa shape index (κ1) is 30.6. The highest BCUT2D eigenvalue weighted by atomic mass is 16.3. The van der Waals surface area contributed by atoms with E-state index in [-0.39, 0.29) is 0 Å². The van der Waals surface area contributed by atoms with Crippen molar-refractivity contribution in [1.29, 1.82) is 0 Å². The van der Waals surface area contributed by atoms with Gasteiger partial charge in [-0.15, -0.1) is 0 Å². The molecule has 8 aromatic carbocycles. The maximum absolute atomic E-state index is 6.57. The van der Waals surface area contributed by atoms with Gasteiger partial charge in [0, 0.05) is 43.3 Å². The lowest BCUT2D eigenvalue weighted by Crippen LogP contribution is -2.02. The Hall–Kier alpha value is -7.76. The molecule has 0 saturated heterocycles. The lowest BCUT2D eigenvalue weighted by atomic mass is 10.0. The molecule has 13 rings (SSSR count). The van der Waals surface area contributed by atoms with Crippen molar-refractivity contribution in [3.05, 3.63) is 182 Å². The second-order valence-electron chi connectivity index (χ2n) is 14.9. The van der Waals surface area contributed by atoms with Crippen LogP contribution in [0.4, 0.5) is 0 Å². The number of fused-ring (bicyclic) bond motifs is 13. The molecule has 57 heavy (non-hydrogen) atoms. The van der Waals surface area contributed by atoms with Gasteiger partial charge in [0.1, 0.15) is 5.58 Å². The monoisotopic (exact) mass is 726 g/mol. The normalized spacial score (nSPS) is 12.2. The molecule has 5 aromatic heterocycles. The summed E-state index contributed by atoms with van der Waals surface area (Å²) in [6.07, 6.45) is 0. The Morgan fingerprint density at radius 2 is 0.965 bits per heavy atom. The summed E-state index contributed by atoms with van der Waals surface area (Å²) in [6.45, 7) is 0. The number of aromatic nitrogens is 4. The minimum atomic E-state index is 0.565. The van der Waals surface area contributed by atoms with Gasteiger partial charge in [-0.25, -0.2) is 4.98 Å². The maximum atomic E-state index is 6.57. The molecular weight excluding hydrogens is 697 g/mol. The third-order valence-corrected chi connectivity index (χ3v) is 11.9. The third-order valence-electron chi connectivity index (χ3n) is 11.9. The van der Waals surface area contributed by atoms with Crippen LogP contribution in [-0.4, -0.2) is 18.9 Å². The van der Waals surface area contributed by atoms with E-state index in [0.29, 0.717) is 11.5 Å². The molecule has 0 saturated carbocycles. The van der Waals surface area contributed by atoms with Crippen LogP contribution in [0.1, 0.15) is 0 Å². The molecule has 0 aliphatic carbocycles. The van der Waals surface area contributed by atoms with Crippen LogP contribution in [0.2, 0.25) is 0 Å². The number of benzene rings is 8. The molecule has 0 fully saturated rings. The molecule has 0 radical (unpaired) electrons. The van der Waals surface area contributed by atoms with E-state index in [1.165, 1.54) is 65.6 Å². The average Bonchev–Trinajstić information content (AvgIpc) is 4.02. The fourth-order valence-corrected chi connectivity index (χ4v) is 9.39. The molecule has 5 heterocycles. The van der Waals surface area contributed by atoms with Crippen LogP contribution in [0.15, 0.2) is 186 Å². The van der Waals surface area contributed by atoms with Gasteiger partial charge in [0.25, 0.3) is 0 Å². The summed E-state index contributed by atoms with van der Waals surface area (Å²) in [6, 6.07) is 64.7. The minimum Gasteiger partial charge on any atom is -0.437 e. The zero-order valence-electron chi connectivity index (χ0n) is 30.5. The Bertz CT molecular complexity index is 3730. The molecule has 0 N–H and O–H groups in total. The number of nitrogens with zero attached hydrogens (tertiary/aromatic N) is 4. The molecule has 0 aliphatic rings. The zero-order chi connectivity index (χ0) is 37.2. The van der Waals surface area contributed by atoms with Crippen LogP contribution >= 0.6 is 0 Å². The Morgan fingerprint density at radius 1 is 0.368 bits per heavy atom. The van der Waals surface area contributed by atoms with Crippen LogP contribution in [0, 0.1) is 0 Å². The molecule has 0 amide bonds. The molecule has 5 nitrogen and oxygen atoms in total. The van der Waals surface area contributed by atoms with Crippen LogP contribution in [0.25, 0.3) is 121 Å². The zero-order valence-corrected chi connectivity index (χ0v) is 30.5. The fourth-order valence-electron chi connectivity index (χ4n) is 9.39. The van der Waals surface area contributed by atoms with Crippen LogP contribution in [0.5, 0.6) is 0 Å². The van der Waals surface area contributed by atoms with Crippen molar-refractivity contribution in [2.45, 2.75) is 0 Å². The van der Waals surface area contributed by atoms with E-state index in [2.05, 4.69) is 173 Å². The summed E-state index contributed by atoms with van der Waals surface area (Å²) in [5, 5.41) is 9.19. The van der Waals surface area contributed by atoms with E-state index in [1.807, 2.05) is 18.2 Å². The molecule has 0 spiro atoms. The lowest BCUT2D eigenvalue weighted by Gasteiger charge is -2.11. The standard InChI is InChI=1S/C52H30N4O/c1-3-13-31(14-4-1)33-23-25-34(26-24-33)50-53-51(48-39-19-9-12-22-45(39)57-52(48)54-50)56-42-21-11-7-17-37(42)46-44(56)30-40-36-28-27-35(32-15-5-2-6-16-32)29-43(36)55-41-20-10-8-18-38(41)47(46)49(40)55/h1-30H. The summed E-state index contributed by atoms with van der Waals surface area (Å²) in [5.41, 5.74) is 12.8. The SMILES string of the molecule is c1ccc(-c2ccc(-c3nc(-n4c5ccccc5c5c6c7ccccc7n7c8cc(-c9ccccc9)ccc8c(cc54)c67)c4c(n3)oc3ccccc34)cc2)cc1. The maximum Gasteiger partial charge on any atom is 0.233 e. The number of furan rings is 1. The molecule has 0 bridgehead atoms. The van der Waals surface area contributed by atoms with Gasteiger partial charge in [-0.1, -0.05) is 152 Å². The second kappa shape index (κ2) is 11.4. The summed E-state index contributed by atoms with van der Waals surface area (Å²) in [5.74, 6) is 1.41. The van der Waals surface area contributed by atoms with Gasteiger partial charge in [-0.05, 0) is 52.6 Å². The predicted octanol–water partition coefficient (Wildman–Crippen LogP) is 13.6. The number of rotatable bonds is 4. The Balaban J connectivity index is 1.16. The van der Waals surface area contributed by atoms with Crippen molar-refractivity contribution >= 4 is 82.0 Å². The summed E-state index contributed by atoms with van der Waals surface area (Å²) in [7, 11) is 0. The average molecular weight is 727 g/mol. The first-order chi connectivity index (χ1) is 28.3. The first-order valence-electron chi connectivity index (χ1n) is 19.3. The molecule has 0 unspecified atom stereocenters. The predicted molar refractivity (Wildman–Crippen MR) is 235 cm³/mol. The lowest BCUT2D eigenvalue weighted by molar-refractivity contribution is 0.653. The van der Waals surface area contributed by atoms with Gasteiger partial charge in [0.2, 0.25) is 5.71 Å². The van der Waals surface area contributed by atoms with Gasteiger partial charge in [0.15, 0.2) is 11.6 Å². The first-order valence-corrected chi connectivity index (χ1v) is 19.3. The van der Waals surface area contributed by atoms with E-state index < -0.39 is 0 Å². The third kappa shape index (κ3) is 4.23. The quantitative estimate of drug-likeness (QED) is 0.181. The van der Waals surface area contributed by atoms with Gasteiger partial charge >= 0.3 is 0 Å². The van der Waals surface area contributed by atoms with Gasteiger partial charge in [-0.2, -0.15) is 4.98 Å². The number of para-hydroxylation sites is 3. The Morgan fingerprint density at radius 3 is 1.74 bits per heavy atom. The molecular formula is C52H30N4O. The summed E-state index contributed by atoms with van der Waals surface area (Å²) >= 11 is 0. The Labute approximate surface area is 325 Å². The molecule has 13 aromatic rings. The van der Waals surface area contributed by atoms with E-state index in [1.54, 1.807) is 0 Å².